The molecule has 1 amide bonds. The van der Waals surface area contributed by atoms with Crippen molar-refractivity contribution >= 4 is 5.91 Å². The van der Waals surface area contributed by atoms with E-state index in [1.165, 1.54) is 5.56 Å². The highest BCUT2D eigenvalue weighted by Gasteiger charge is 2.06. The van der Waals surface area contributed by atoms with E-state index in [9.17, 15) is 4.79 Å². The Morgan fingerprint density at radius 1 is 1.11 bits per heavy atom. The van der Waals surface area contributed by atoms with Gasteiger partial charge in [0.25, 0.3) is 5.91 Å². The van der Waals surface area contributed by atoms with Crippen LogP contribution < -0.4 is 11.1 Å². The first-order valence-electron chi connectivity index (χ1n) is 6.36. The Hall–Kier alpha value is -2.13. The molecule has 0 aromatic heterocycles. The number of aryl methyl sites for hydroxylation is 1. The average Bonchev–Trinajstić information content (AvgIpc) is 2.45. The van der Waals surface area contributed by atoms with E-state index in [1.807, 2.05) is 36.4 Å². The fourth-order valence-electron chi connectivity index (χ4n) is 1.95. The Morgan fingerprint density at radius 3 is 2.47 bits per heavy atom. The zero-order chi connectivity index (χ0) is 13.7. The number of carbonyl (C=O) groups excluding carboxylic acids is 1. The van der Waals surface area contributed by atoms with Crippen molar-refractivity contribution in [1.82, 2.24) is 5.32 Å². The maximum Gasteiger partial charge on any atom is 0.251 e. The number of nitrogens with one attached hydrogen (secondary N) is 1. The maximum absolute atomic E-state index is 11.9. The predicted molar refractivity (Wildman–Crippen MR) is 78.0 cm³/mol. The van der Waals surface area contributed by atoms with Crippen LogP contribution in [-0.2, 0) is 0 Å². The van der Waals surface area contributed by atoms with Crippen molar-refractivity contribution < 1.29 is 4.79 Å². The predicted octanol–water partition coefficient (Wildman–Crippen LogP) is 2.35. The van der Waals surface area contributed by atoms with Gasteiger partial charge >= 0.3 is 0 Å². The van der Waals surface area contributed by atoms with Gasteiger partial charge < -0.3 is 11.1 Å². The number of hydrogen-bond acceptors (Lipinski definition) is 2. The molecule has 3 nitrogen and oxygen atoms in total. The summed E-state index contributed by atoms with van der Waals surface area (Å²) in [5.41, 5.74) is 9.41. The van der Waals surface area contributed by atoms with Gasteiger partial charge in [-0.25, -0.2) is 0 Å². The Balaban J connectivity index is 2.26. The summed E-state index contributed by atoms with van der Waals surface area (Å²) in [6, 6.07) is 15.9. The smallest absolute Gasteiger partial charge is 0.251 e. The van der Waals surface area contributed by atoms with Gasteiger partial charge in [-0.3, -0.25) is 4.79 Å². The molecule has 0 saturated carbocycles. The van der Waals surface area contributed by atoms with Gasteiger partial charge in [0, 0.05) is 18.7 Å². The van der Waals surface area contributed by atoms with Gasteiger partial charge in [-0.05, 0) is 30.2 Å². The molecule has 2 aromatic carbocycles. The van der Waals surface area contributed by atoms with Crippen molar-refractivity contribution in [1.29, 1.82) is 0 Å². The van der Waals surface area contributed by atoms with Crippen molar-refractivity contribution in [2.45, 2.75) is 6.92 Å². The first-order chi connectivity index (χ1) is 9.20. The molecule has 0 aliphatic heterocycles. The summed E-state index contributed by atoms with van der Waals surface area (Å²) in [5, 5.41) is 2.77. The highest BCUT2D eigenvalue weighted by molar-refractivity contribution is 5.95. The molecule has 0 unspecified atom stereocenters. The van der Waals surface area contributed by atoms with E-state index in [1.54, 1.807) is 0 Å². The van der Waals surface area contributed by atoms with E-state index in [4.69, 9.17) is 5.73 Å². The second kappa shape index (κ2) is 6.16. The average molecular weight is 254 g/mol. The topological polar surface area (TPSA) is 55.1 Å². The first kappa shape index (κ1) is 13.3. The number of nitrogens with two attached hydrogens (primary N) is 1. The molecule has 3 N–H and O–H groups in total. The van der Waals surface area contributed by atoms with Crippen molar-refractivity contribution in [3.05, 3.63) is 59.7 Å². The molecular weight excluding hydrogens is 236 g/mol. The fourth-order valence-corrected chi connectivity index (χ4v) is 1.95. The van der Waals surface area contributed by atoms with Crippen LogP contribution in [0.25, 0.3) is 11.1 Å². The monoisotopic (exact) mass is 254 g/mol. The summed E-state index contributed by atoms with van der Waals surface area (Å²) in [7, 11) is 0. The standard InChI is InChI=1S/C16H18N2O/c1-12-4-2-5-13(10-12)14-6-3-7-15(11-14)16(19)18-9-8-17/h2-7,10-11H,8-9,17H2,1H3,(H,18,19). The second-order valence-electron chi connectivity index (χ2n) is 4.49. The van der Waals surface area contributed by atoms with Gasteiger partial charge in [-0.2, -0.15) is 0 Å². The molecule has 3 heteroatoms. The molecule has 0 fully saturated rings. The minimum Gasteiger partial charge on any atom is -0.351 e. The number of rotatable bonds is 4. The highest BCUT2D eigenvalue weighted by atomic mass is 16.1. The largest absolute Gasteiger partial charge is 0.351 e. The summed E-state index contributed by atoms with van der Waals surface area (Å²) in [5.74, 6) is -0.0834. The van der Waals surface area contributed by atoms with Crippen LogP contribution in [0.1, 0.15) is 15.9 Å². The lowest BCUT2D eigenvalue weighted by atomic mass is 10.0. The third-order valence-corrected chi connectivity index (χ3v) is 2.91. The van der Waals surface area contributed by atoms with Gasteiger partial charge in [-0.15, -0.1) is 0 Å². The quantitative estimate of drug-likeness (QED) is 0.880. The van der Waals surface area contributed by atoms with Crippen LogP contribution in [0.5, 0.6) is 0 Å². The fraction of sp³-hybridized carbons (Fsp3) is 0.188. The van der Waals surface area contributed by atoms with Crippen LogP contribution in [0.4, 0.5) is 0 Å². The van der Waals surface area contributed by atoms with E-state index in [2.05, 4.69) is 24.4 Å². The Labute approximate surface area is 113 Å². The molecule has 0 atom stereocenters. The minimum atomic E-state index is -0.0834. The van der Waals surface area contributed by atoms with Crippen molar-refractivity contribution in [2.75, 3.05) is 13.1 Å². The second-order valence-corrected chi connectivity index (χ2v) is 4.49. The summed E-state index contributed by atoms with van der Waals surface area (Å²) in [6.45, 7) is 3.00. The third-order valence-electron chi connectivity index (χ3n) is 2.91. The lowest BCUT2D eigenvalue weighted by molar-refractivity contribution is 0.0955. The molecule has 0 saturated heterocycles. The van der Waals surface area contributed by atoms with Crippen LogP contribution >= 0.6 is 0 Å². The zero-order valence-electron chi connectivity index (χ0n) is 11.0. The Morgan fingerprint density at radius 2 is 1.79 bits per heavy atom. The first-order valence-corrected chi connectivity index (χ1v) is 6.36. The van der Waals surface area contributed by atoms with Crippen LogP contribution in [0, 0.1) is 6.92 Å². The molecule has 0 radical (unpaired) electrons. The van der Waals surface area contributed by atoms with E-state index in [0.29, 0.717) is 18.7 Å². The summed E-state index contributed by atoms with van der Waals surface area (Å²) in [6.07, 6.45) is 0. The molecule has 0 heterocycles. The van der Waals surface area contributed by atoms with Gasteiger partial charge in [0.1, 0.15) is 0 Å². The number of carbonyl (C=O) groups is 1. The summed E-state index contributed by atoms with van der Waals surface area (Å²) >= 11 is 0. The number of hydrogen-bond donors (Lipinski definition) is 2. The SMILES string of the molecule is Cc1cccc(-c2cccc(C(=O)NCCN)c2)c1. The normalized spacial score (nSPS) is 10.2. The molecule has 98 valence electrons. The maximum atomic E-state index is 11.9. The number of amides is 1. The van der Waals surface area contributed by atoms with E-state index in [0.717, 1.165) is 11.1 Å². The molecular formula is C16H18N2O. The Bertz CT molecular complexity index is 578. The van der Waals surface area contributed by atoms with E-state index in [-0.39, 0.29) is 5.91 Å². The Kier molecular flexibility index (Phi) is 4.31. The van der Waals surface area contributed by atoms with E-state index < -0.39 is 0 Å². The van der Waals surface area contributed by atoms with Crippen molar-refractivity contribution in [3.63, 3.8) is 0 Å². The molecule has 2 aromatic rings. The van der Waals surface area contributed by atoms with Gasteiger partial charge in [0.05, 0.1) is 0 Å². The summed E-state index contributed by atoms with van der Waals surface area (Å²) in [4.78, 5) is 11.9. The molecule has 0 bridgehead atoms. The number of benzene rings is 2. The van der Waals surface area contributed by atoms with Crippen LogP contribution in [0.3, 0.4) is 0 Å². The van der Waals surface area contributed by atoms with E-state index >= 15 is 0 Å². The molecule has 2 rings (SSSR count). The molecule has 19 heavy (non-hydrogen) atoms. The van der Waals surface area contributed by atoms with Crippen molar-refractivity contribution in [3.8, 4) is 11.1 Å². The van der Waals surface area contributed by atoms with Gasteiger partial charge in [0.15, 0.2) is 0 Å². The summed E-state index contributed by atoms with van der Waals surface area (Å²) < 4.78 is 0. The third kappa shape index (κ3) is 3.42. The van der Waals surface area contributed by atoms with Gasteiger partial charge in [0.2, 0.25) is 0 Å². The van der Waals surface area contributed by atoms with Crippen molar-refractivity contribution in [2.24, 2.45) is 5.73 Å². The van der Waals surface area contributed by atoms with Crippen LogP contribution in [0.15, 0.2) is 48.5 Å². The lowest BCUT2D eigenvalue weighted by Crippen LogP contribution is -2.28. The lowest BCUT2D eigenvalue weighted by Gasteiger charge is -2.07. The molecule has 0 spiro atoms. The van der Waals surface area contributed by atoms with Crippen LogP contribution in [-0.4, -0.2) is 19.0 Å². The van der Waals surface area contributed by atoms with Gasteiger partial charge in [-0.1, -0.05) is 42.0 Å². The molecule has 0 aliphatic carbocycles. The minimum absolute atomic E-state index is 0.0834. The highest BCUT2D eigenvalue weighted by Crippen LogP contribution is 2.21. The zero-order valence-corrected chi connectivity index (χ0v) is 11.0. The molecule has 0 aliphatic rings. The van der Waals surface area contributed by atoms with Crippen LogP contribution in [0.2, 0.25) is 0 Å².